The molecule has 0 saturated heterocycles. The van der Waals surface area contributed by atoms with Gasteiger partial charge in [0.05, 0.1) is 14.8 Å². The molecule has 2 aromatic rings. The third-order valence-corrected chi connectivity index (χ3v) is 3.46. The first-order valence-electron chi connectivity index (χ1n) is 5.12. The van der Waals surface area contributed by atoms with Gasteiger partial charge in [-0.05, 0) is 59.0 Å². The van der Waals surface area contributed by atoms with Gasteiger partial charge in [-0.25, -0.2) is 9.18 Å². The molecule has 18 heavy (non-hydrogen) atoms. The van der Waals surface area contributed by atoms with Crippen LogP contribution < -0.4 is 5.32 Å². The lowest BCUT2D eigenvalue weighted by Gasteiger charge is -2.09. The van der Waals surface area contributed by atoms with Crippen molar-refractivity contribution < 1.29 is 14.3 Å². The number of hydrogen-bond donors (Lipinski definition) is 2. The highest BCUT2D eigenvalue weighted by atomic mass is 127. The molecule has 0 saturated carbocycles. The van der Waals surface area contributed by atoms with Crippen LogP contribution in [0.25, 0.3) is 0 Å². The molecular formula is C13H9FINO2. The monoisotopic (exact) mass is 357 g/mol. The summed E-state index contributed by atoms with van der Waals surface area (Å²) in [5, 5.41) is 11.8. The van der Waals surface area contributed by atoms with Crippen LogP contribution in [0, 0.1) is 9.39 Å². The van der Waals surface area contributed by atoms with Crippen molar-refractivity contribution in [3.8, 4) is 0 Å². The molecule has 2 rings (SSSR count). The Balaban J connectivity index is 2.24. The van der Waals surface area contributed by atoms with Gasteiger partial charge in [-0.1, -0.05) is 6.07 Å². The van der Waals surface area contributed by atoms with Crippen molar-refractivity contribution in [2.45, 2.75) is 0 Å². The molecule has 0 aliphatic carbocycles. The van der Waals surface area contributed by atoms with E-state index >= 15 is 0 Å². The van der Waals surface area contributed by atoms with Gasteiger partial charge in [0.2, 0.25) is 0 Å². The summed E-state index contributed by atoms with van der Waals surface area (Å²) >= 11 is 1.92. The van der Waals surface area contributed by atoms with E-state index in [1.807, 2.05) is 22.6 Å². The van der Waals surface area contributed by atoms with E-state index in [9.17, 15) is 9.18 Å². The molecule has 3 nitrogen and oxygen atoms in total. The number of hydrogen-bond acceptors (Lipinski definition) is 2. The lowest BCUT2D eigenvalue weighted by atomic mass is 10.2. The zero-order valence-corrected chi connectivity index (χ0v) is 11.3. The molecule has 2 N–H and O–H groups in total. The molecule has 0 aliphatic rings. The van der Waals surface area contributed by atoms with Crippen molar-refractivity contribution in [2.24, 2.45) is 0 Å². The fourth-order valence-electron chi connectivity index (χ4n) is 1.45. The molecule has 5 heteroatoms. The fraction of sp³-hybridized carbons (Fsp3) is 0. The summed E-state index contributed by atoms with van der Waals surface area (Å²) in [7, 11) is 0. The molecule has 0 radical (unpaired) electrons. The van der Waals surface area contributed by atoms with Crippen LogP contribution in [0.4, 0.5) is 15.8 Å². The topological polar surface area (TPSA) is 49.3 Å². The Labute approximate surface area is 117 Å². The first-order chi connectivity index (χ1) is 8.58. The minimum Gasteiger partial charge on any atom is -0.478 e. The average Bonchev–Trinajstić information content (AvgIpc) is 2.36. The highest BCUT2D eigenvalue weighted by Gasteiger charge is 2.06. The average molecular weight is 357 g/mol. The smallest absolute Gasteiger partial charge is 0.335 e. The molecular weight excluding hydrogens is 348 g/mol. The van der Waals surface area contributed by atoms with Crippen molar-refractivity contribution in [2.75, 3.05) is 5.32 Å². The first-order valence-corrected chi connectivity index (χ1v) is 6.20. The number of benzene rings is 2. The van der Waals surface area contributed by atoms with Gasteiger partial charge in [-0.2, -0.15) is 0 Å². The zero-order valence-electron chi connectivity index (χ0n) is 9.15. The van der Waals surface area contributed by atoms with Crippen LogP contribution in [0.3, 0.4) is 0 Å². The van der Waals surface area contributed by atoms with E-state index in [1.165, 1.54) is 18.2 Å². The second-order valence-corrected chi connectivity index (χ2v) is 4.69. The number of carbonyl (C=O) groups is 1. The van der Waals surface area contributed by atoms with E-state index in [1.54, 1.807) is 24.3 Å². The molecule has 0 unspecified atom stereocenters. The van der Waals surface area contributed by atoms with E-state index in [0.717, 1.165) is 0 Å². The molecule has 0 bridgehead atoms. The molecule has 0 spiro atoms. The Morgan fingerprint density at radius 2 is 1.83 bits per heavy atom. The molecule has 2 aromatic carbocycles. The number of carboxylic acid groups (broad SMARTS) is 1. The normalized spacial score (nSPS) is 10.1. The fourth-order valence-corrected chi connectivity index (χ4v) is 1.95. The number of halogens is 2. The lowest BCUT2D eigenvalue weighted by molar-refractivity contribution is 0.0697. The summed E-state index contributed by atoms with van der Waals surface area (Å²) < 4.78 is 13.8. The van der Waals surface area contributed by atoms with Gasteiger partial charge in [-0.3, -0.25) is 0 Å². The van der Waals surface area contributed by atoms with Crippen LogP contribution in [-0.4, -0.2) is 11.1 Å². The van der Waals surface area contributed by atoms with E-state index in [-0.39, 0.29) is 11.4 Å². The standard InChI is InChI=1S/C13H9FINO2/c14-10-2-1-3-11(12(10)15)16-9-6-4-8(5-7-9)13(17)18/h1-7,16H,(H,17,18). The number of rotatable bonds is 3. The van der Waals surface area contributed by atoms with E-state index in [0.29, 0.717) is 14.9 Å². The number of aromatic carboxylic acids is 1. The second kappa shape index (κ2) is 5.34. The Hall–Kier alpha value is -1.63. The maximum atomic E-state index is 13.3. The molecule has 0 atom stereocenters. The van der Waals surface area contributed by atoms with Gasteiger partial charge in [0.1, 0.15) is 5.82 Å². The summed E-state index contributed by atoms with van der Waals surface area (Å²) in [4.78, 5) is 10.7. The number of carboxylic acids is 1. The van der Waals surface area contributed by atoms with Gasteiger partial charge in [0, 0.05) is 5.69 Å². The maximum absolute atomic E-state index is 13.3. The molecule has 0 amide bonds. The summed E-state index contributed by atoms with van der Waals surface area (Å²) in [5.74, 6) is -1.26. The van der Waals surface area contributed by atoms with Gasteiger partial charge in [-0.15, -0.1) is 0 Å². The first kappa shape index (κ1) is 12.8. The number of anilines is 2. The molecule has 92 valence electrons. The largest absolute Gasteiger partial charge is 0.478 e. The predicted octanol–water partition coefficient (Wildman–Crippen LogP) is 3.87. The minimum absolute atomic E-state index is 0.217. The summed E-state index contributed by atoms with van der Waals surface area (Å²) in [6.07, 6.45) is 0. The third kappa shape index (κ3) is 2.79. The van der Waals surface area contributed by atoms with Gasteiger partial charge < -0.3 is 10.4 Å². The van der Waals surface area contributed by atoms with Crippen LogP contribution in [0.15, 0.2) is 42.5 Å². The Morgan fingerprint density at radius 3 is 2.44 bits per heavy atom. The van der Waals surface area contributed by atoms with Gasteiger partial charge in [0.25, 0.3) is 0 Å². The van der Waals surface area contributed by atoms with Crippen molar-refractivity contribution in [3.63, 3.8) is 0 Å². The number of nitrogens with one attached hydrogen (secondary N) is 1. The van der Waals surface area contributed by atoms with Crippen LogP contribution in [0.2, 0.25) is 0 Å². The van der Waals surface area contributed by atoms with Crippen LogP contribution in [-0.2, 0) is 0 Å². The van der Waals surface area contributed by atoms with Crippen molar-refractivity contribution >= 4 is 39.9 Å². The quantitative estimate of drug-likeness (QED) is 0.820. The summed E-state index contributed by atoms with van der Waals surface area (Å²) in [5.41, 5.74) is 1.58. The van der Waals surface area contributed by atoms with Gasteiger partial charge in [0.15, 0.2) is 0 Å². The second-order valence-electron chi connectivity index (χ2n) is 3.61. The molecule has 0 aliphatic heterocycles. The van der Waals surface area contributed by atoms with Crippen LogP contribution in [0.1, 0.15) is 10.4 Å². The summed E-state index contributed by atoms with van der Waals surface area (Å²) in [6, 6.07) is 11.0. The van der Waals surface area contributed by atoms with E-state index in [2.05, 4.69) is 5.32 Å². The van der Waals surface area contributed by atoms with Crippen molar-refractivity contribution in [1.29, 1.82) is 0 Å². The maximum Gasteiger partial charge on any atom is 0.335 e. The van der Waals surface area contributed by atoms with E-state index < -0.39 is 5.97 Å². The summed E-state index contributed by atoms with van der Waals surface area (Å²) in [6.45, 7) is 0. The minimum atomic E-state index is -0.970. The molecule has 0 fully saturated rings. The highest BCUT2D eigenvalue weighted by molar-refractivity contribution is 14.1. The Bertz CT molecular complexity index is 584. The SMILES string of the molecule is O=C(O)c1ccc(Nc2cccc(F)c2I)cc1. The highest BCUT2D eigenvalue weighted by Crippen LogP contribution is 2.24. The molecule has 0 aromatic heterocycles. The van der Waals surface area contributed by atoms with Crippen molar-refractivity contribution in [3.05, 3.63) is 57.4 Å². The van der Waals surface area contributed by atoms with Crippen LogP contribution in [0.5, 0.6) is 0 Å². The lowest BCUT2D eigenvalue weighted by Crippen LogP contribution is -1.98. The Morgan fingerprint density at radius 1 is 1.17 bits per heavy atom. The Kier molecular flexibility index (Phi) is 3.81. The van der Waals surface area contributed by atoms with Crippen LogP contribution >= 0.6 is 22.6 Å². The van der Waals surface area contributed by atoms with Gasteiger partial charge >= 0.3 is 5.97 Å². The third-order valence-electron chi connectivity index (χ3n) is 2.36. The van der Waals surface area contributed by atoms with E-state index in [4.69, 9.17) is 5.11 Å². The zero-order chi connectivity index (χ0) is 13.1. The predicted molar refractivity (Wildman–Crippen MR) is 75.8 cm³/mol. The molecule has 0 heterocycles. The van der Waals surface area contributed by atoms with Crippen molar-refractivity contribution in [1.82, 2.24) is 0 Å².